The first-order valence-electron chi connectivity index (χ1n) is 10.6. The van der Waals surface area contributed by atoms with E-state index in [0.717, 1.165) is 49.2 Å². The molecule has 0 radical (unpaired) electrons. The van der Waals surface area contributed by atoms with Crippen molar-refractivity contribution in [1.29, 1.82) is 0 Å². The van der Waals surface area contributed by atoms with Crippen molar-refractivity contribution >= 4 is 23.3 Å². The molecule has 1 saturated carbocycles. The van der Waals surface area contributed by atoms with Crippen LogP contribution in [0.2, 0.25) is 0 Å². The Hall–Kier alpha value is -2.28. The van der Waals surface area contributed by atoms with Crippen molar-refractivity contribution < 1.29 is 14.3 Å². The van der Waals surface area contributed by atoms with Crippen molar-refractivity contribution in [2.24, 2.45) is 5.92 Å². The number of hydrogen-bond donors (Lipinski definition) is 2. The number of urea groups is 1. The van der Waals surface area contributed by atoms with Gasteiger partial charge >= 0.3 is 6.03 Å². The van der Waals surface area contributed by atoms with Gasteiger partial charge < -0.3 is 25.2 Å². The van der Waals surface area contributed by atoms with Gasteiger partial charge in [0.15, 0.2) is 0 Å². The Bertz CT molecular complexity index is 725. The van der Waals surface area contributed by atoms with Gasteiger partial charge in [0.2, 0.25) is 5.91 Å². The molecule has 1 aromatic carbocycles. The van der Waals surface area contributed by atoms with E-state index in [1.807, 2.05) is 55.9 Å². The molecule has 2 N–H and O–H groups in total. The summed E-state index contributed by atoms with van der Waals surface area (Å²) in [5, 5.41) is 6.02. The highest BCUT2D eigenvalue weighted by Gasteiger charge is 2.30. The summed E-state index contributed by atoms with van der Waals surface area (Å²) >= 11 is 0. The van der Waals surface area contributed by atoms with Crippen molar-refractivity contribution in [2.45, 2.75) is 58.2 Å². The fourth-order valence-corrected chi connectivity index (χ4v) is 3.61. The number of benzene rings is 1. The maximum absolute atomic E-state index is 12.9. The zero-order chi connectivity index (χ0) is 21.0. The molecule has 29 heavy (non-hydrogen) atoms. The smallest absolute Gasteiger partial charge is 0.317 e. The minimum atomic E-state index is -0.0902. The maximum atomic E-state index is 12.9. The number of amides is 3. The molecular formula is C22H34N4O3. The number of carbonyl (C=O) groups excluding carboxylic acids is 2. The van der Waals surface area contributed by atoms with E-state index in [4.69, 9.17) is 4.74 Å². The van der Waals surface area contributed by atoms with Crippen LogP contribution in [0.15, 0.2) is 18.2 Å². The summed E-state index contributed by atoms with van der Waals surface area (Å²) in [6, 6.07) is 5.89. The lowest BCUT2D eigenvalue weighted by Gasteiger charge is -2.29. The normalized spacial score (nSPS) is 18.6. The van der Waals surface area contributed by atoms with Crippen LogP contribution >= 0.6 is 0 Å². The maximum Gasteiger partial charge on any atom is 0.317 e. The highest BCUT2D eigenvalue weighted by molar-refractivity contribution is 5.94. The van der Waals surface area contributed by atoms with Crippen LogP contribution in [0.5, 0.6) is 0 Å². The summed E-state index contributed by atoms with van der Waals surface area (Å²) in [5.74, 6) is 0.238. The van der Waals surface area contributed by atoms with E-state index in [1.165, 1.54) is 0 Å². The van der Waals surface area contributed by atoms with Crippen molar-refractivity contribution in [1.82, 2.24) is 10.2 Å². The average Bonchev–Trinajstić information content (AvgIpc) is 3.38. The number of carbonyl (C=O) groups is 2. The third-order valence-electron chi connectivity index (χ3n) is 5.29. The predicted molar refractivity (Wildman–Crippen MR) is 115 cm³/mol. The molecule has 1 heterocycles. The van der Waals surface area contributed by atoms with Crippen molar-refractivity contribution in [3.05, 3.63) is 23.8 Å². The van der Waals surface area contributed by atoms with Gasteiger partial charge in [0.1, 0.15) is 0 Å². The Balaban J connectivity index is 1.80. The zero-order valence-electron chi connectivity index (χ0n) is 18.0. The van der Waals surface area contributed by atoms with E-state index in [2.05, 4.69) is 10.6 Å². The minimum Gasteiger partial charge on any atom is -0.377 e. The van der Waals surface area contributed by atoms with E-state index in [0.29, 0.717) is 13.1 Å². The first-order chi connectivity index (χ1) is 13.8. The van der Waals surface area contributed by atoms with Gasteiger partial charge in [-0.05, 0) is 63.3 Å². The molecule has 3 amide bonds. The lowest BCUT2D eigenvalue weighted by Crippen LogP contribution is -2.45. The number of hydrogen-bond acceptors (Lipinski definition) is 4. The summed E-state index contributed by atoms with van der Waals surface area (Å²) in [5.41, 5.74) is 2.81. The van der Waals surface area contributed by atoms with Gasteiger partial charge in [-0.2, -0.15) is 0 Å². The van der Waals surface area contributed by atoms with Crippen LogP contribution in [0, 0.1) is 5.92 Å². The summed E-state index contributed by atoms with van der Waals surface area (Å²) in [6.45, 7) is 5.70. The molecule has 160 valence electrons. The zero-order valence-corrected chi connectivity index (χ0v) is 18.0. The number of nitrogens with one attached hydrogen (secondary N) is 2. The molecule has 7 nitrogen and oxygen atoms in total. The number of rotatable bonds is 8. The Morgan fingerprint density at radius 3 is 2.55 bits per heavy atom. The SMILES string of the molecule is CC(C)NC(=O)N(Cc1cc(NC(=O)C2CC2)ccc1N(C)C)CC1CCCO1. The second-order valence-corrected chi connectivity index (χ2v) is 8.62. The van der Waals surface area contributed by atoms with E-state index in [9.17, 15) is 9.59 Å². The van der Waals surface area contributed by atoms with E-state index in [1.54, 1.807) is 0 Å². The molecule has 2 aliphatic rings. The molecule has 1 atom stereocenters. The van der Waals surface area contributed by atoms with Crippen LogP contribution in [0.25, 0.3) is 0 Å². The van der Waals surface area contributed by atoms with Gasteiger partial charge in [0.25, 0.3) is 0 Å². The van der Waals surface area contributed by atoms with Crippen molar-refractivity contribution in [2.75, 3.05) is 37.5 Å². The van der Waals surface area contributed by atoms with Crippen LogP contribution in [0.1, 0.15) is 45.1 Å². The quantitative estimate of drug-likeness (QED) is 0.700. The predicted octanol–water partition coefficient (Wildman–Crippen LogP) is 3.20. The molecular weight excluding hydrogens is 368 g/mol. The standard InChI is InChI=1S/C22H34N4O3/c1-15(2)23-22(28)26(14-19-6-5-11-29-19)13-17-12-18(9-10-20(17)25(3)4)24-21(27)16-7-8-16/h9-10,12,15-16,19H,5-8,11,13-14H2,1-4H3,(H,23,28)(H,24,27). The Kier molecular flexibility index (Phi) is 7.00. The third kappa shape index (κ3) is 6.10. The molecule has 1 aliphatic carbocycles. The molecule has 2 fully saturated rings. The molecule has 0 bridgehead atoms. The summed E-state index contributed by atoms with van der Waals surface area (Å²) in [6.07, 6.45) is 4.03. The van der Waals surface area contributed by atoms with E-state index >= 15 is 0 Å². The second-order valence-electron chi connectivity index (χ2n) is 8.62. The summed E-state index contributed by atoms with van der Waals surface area (Å²) in [4.78, 5) is 28.9. The third-order valence-corrected chi connectivity index (χ3v) is 5.29. The summed E-state index contributed by atoms with van der Waals surface area (Å²) in [7, 11) is 3.97. The van der Waals surface area contributed by atoms with Gasteiger partial charge in [0, 0.05) is 57.1 Å². The van der Waals surface area contributed by atoms with Crippen molar-refractivity contribution in [3.8, 4) is 0 Å². The lowest BCUT2D eigenvalue weighted by atomic mass is 10.1. The van der Waals surface area contributed by atoms with E-state index in [-0.39, 0.29) is 30.0 Å². The molecule has 1 unspecified atom stereocenters. The fraction of sp³-hybridized carbons (Fsp3) is 0.636. The first-order valence-corrected chi connectivity index (χ1v) is 10.6. The molecule has 1 saturated heterocycles. The lowest BCUT2D eigenvalue weighted by molar-refractivity contribution is -0.117. The second kappa shape index (κ2) is 9.48. The topological polar surface area (TPSA) is 73.9 Å². The monoisotopic (exact) mass is 402 g/mol. The van der Waals surface area contributed by atoms with Crippen LogP contribution in [-0.2, 0) is 16.1 Å². The fourth-order valence-electron chi connectivity index (χ4n) is 3.61. The molecule has 7 heteroatoms. The highest BCUT2D eigenvalue weighted by Crippen LogP contribution is 2.31. The van der Waals surface area contributed by atoms with Gasteiger partial charge in [-0.25, -0.2) is 4.79 Å². The number of ether oxygens (including phenoxy) is 1. The Labute approximate surface area is 173 Å². The van der Waals surface area contributed by atoms with Gasteiger partial charge in [-0.15, -0.1) is 0 Å². The number of nitrogens with zero attached hydrogens (tertiary/aromatic N) is 2. The first kappa shape index (κ1) is 21.4. The van der Waals surface area contributed by atoms with Gasteiger partial charge in [-0.1, -0.05) is 0 Å². The molecule has 0 aromatic heterocycles. The van der Waals surface area contributed by atoms with Crippen molar-refractivity contribution in [3.63, 3.8) is 0 Å². The van der Waals surface area contributed by atoms with Gasteiger partial charge in [-0.3, -0.25) is 4.79 Å². The molecule has 3 rings (SSSR count). The molecule has 1 aromatic rings. The van der Waals surface area contributed by atoms with Crippen LogP contribution in [0.4, 0.5) is 16.2 Å². The van der Waals surface area contributed by atoms with Crippen LogP contribution < -0.4 is 15.5 Å². The van der Waals surface area contributed by atoms with Gasteiger partial charge in [0.05, 0.1) is 6.10 Å². The molecule has 0 spiro atoms. The average molecular weight is 403 g/mol. The Morgan fingerprint density at radius 2 is 1.97 bits per heavy atom. The Morgan fingerprint density at radius 1 is 1.21 bits per heavy atom. The minimum absolute atomic E-state index is 0.0620. The summed E-state index contributed by atoms with van der Waals surface area (Å²) < 4.78 is 5.77. The highest BCUT2D eigenvalue weighted by atomic mass is 16.5. The number of anilines is 2. The van der Waals surface area contributed by atoms with Crippen LogP contribution in [-0.4, -0.2) is 56.2 Å². The molecule has 1 aliphatic heterocycles. The largest absolute Gasteiger partial charge is 0.377 e. The van der Waals surface area contributed by atoms with Crippen LogP contribution in [0.3, 0.4) is 0 Å². The van der Waals surface area contributed by atoms with E-state index < -0.39 is 0 Å².